The maximum atomic E-state index is 11.8. The second-order valence-electron chi connectivity index (χ2n) is 5.34. The highest BCUT2D eigenvalue weighted by Gasteiger charge is 2.22. The van der Waals surface area contributed by atoms with Gasteiger partial charge < -0.3 is 10.4 Å². The summed E-state index contributed by atoms with van der Waals surface area (Å²) in [6, 6.07) is 7.34. The van der Waals surface area contributed by atoms with Crippen LogP contribution in [0.4, 0.5) is 0 Å². The van der Waals surface area contributed by atoms with Crippen molar-refractivity contribution in [2.45, 2.75) is 44.6 Å². The molecule has 0 fully saturated rings. The van der Waals surface area contributed by atoms with E-state index in [2.05, 4.69) is 24.4 Å². The van der Waals surface area contributed by atoms with E-state index in [9.17, 15) is 9.59 Å². The number of amides is 1. The third kappa shape index (κ3) is 6.21. The first-order valence-corrected chi connectivity index (χ1v) is 8.11. The summed E-state index contributed by atoms with van der Waals surface area (Å²) in [6.45, 7) is 5.63. The molecule has 0 radical (unpaired) electrons. The van der Waals surface area contributed by atoms with Crippen LogP contribution in [0.2, 0.25) is 0 Å². The molecule has 0 aliphatic heterocycles. The van der Waals surface area contributed by atoms with Crippen molar-refractivity contribution in [3.63, 3.8) is 0 Å². The first-order valence-electron chi connectivity index (χ1n) is 7.12. The highest BCUT2D eigenvalue weighted by molar-refractivity contribution is 7.99. The molecule has 0 aliphatic carbocycles. The number of hydrogen-bond donors (Lipinski definition) is 2. The number of thioether (sulfide) groups is 1. The Morgan fingerprint density at radius 1 is 1.29 bits per heavy atom. The molecule has 0 aliphatic rings. The highest BCUT2D eigenvalue weighted by atomic mass is 32.2. The fraction of sp³-hybridized carbons (Fsp3) is 0.500. The summed E-state index contributed by atoms with van der Waals surface area (Å²) < 4.78 is 0. The van der Waals surface area contributed by atoms with E-state index < -0.39 is 12.0 Å². The van der Waals surface area contributed by atoms with Crippen LogP contribution < -0.4 is 5.32 Å². The first-order chi connectivity index (χ1) is 9.91. The maximum absolute atomic E-state index is 11.8. The van der Waals surface area contributed by atoms with E-state index in [1.165, 1.54) is 10.5 Å². The monoisotopic (exact) mass is 309 g/mol. The van der Waals surface area contributed by atoms with Crippen LogP contribution in [-0.4, -0.2) is 28.8 Å². The lowest BCUT2D eigenvalue weighted by molar-refractivity contribution is -0.143. The lowest BCUT2D eigenvalue weighted by Gasteiger charge is -2.17. The van der Waals surface area contributed by atoms with Crippen LogP contribution in [0.1, 0.15) is 32.3 Å². The zero-order chi connectivity index (χ0) is 15.8. The van der Waals surface area contributed by atoms with Crippen molar-refractivity contribution in [2.75, 3.05) is 5.75 Å². The molecule has 2 N–H and O–H groups in total. The molecule has 21 heavy (non-hydrogen) atoms. The van der Waals surface area contributed by atoms with Crippen LogP contribution in [0.5, 0.6) is 0 Å². The molecule has 0 saturated heterocycles. The van der Waals surface area contributed by atoms with Crippen molar-refractivity contribution >= 4 is 23.6 Å². The minimum absolute atomic E-state index is 0.118. The Hall–Kier alpha value is -1.49. The van der Waals surface area contributed by atoms with Crippen LogP contribution in [0.3, 0.4) is 0 Å². The van der Waals surface area contributed by atoms with Crippen molar-refractivity contribution in [3.05, 3.63) is 29.8 Å². The Bertz CT molecular complexity index is 488. The third-order valence-electron chi connectivity index (χ3n) is 3.15. The third-order valence-corrected chi connectivity index (χ3v) is 4.41. The Morgan fingerprint density at radius 2 is 1.95 bits per heavy atom. The fourth-order valence-corrected chi connectivity index (χ4v) is 2.87. The number of carbonyl (C=O) groups is 2. The van der Waals surface area contributed by atoms with Gasteiger partial charge in [0.15, 0.2) is 0 Å². The molecule has 0 spiro atoms. The molecule has 1 aromatic carbocycles. The number of hydrogen-bond acceptors (Lipinski definition) is 3. The number of aliphatic carboxylic acids is 1. The Kier molecular flexibility index (Phi) is 7.29. The molecule has 1 atom stereocenters. The molecule has 1 rings (SSSR count). The zero-order valence-corrected chi connectivity index (χ0v) is 13.6. The van der Waals surface area contributed by atoms with E-state index in [0.717, 1.165) is 12.2 Å². The molecule has 4 nitrogen and oxygen atoms in total. The topological polar surface area (TPSA) is 66.4 Å². The van der Waals surface area contributed by atoms with E-state index in [1.54, 1.807) is 25.6 Å². The van der Waals surface area contributed by atoms with E-state index in [-0.39, 0.29) is 11.8 Å². The van der Waals surface area contributed by atoms with Crippen LogP contribution in [0.25, 0.3) is 0 Å². The molecule has 0 saturated carbocycles. The number of carbonyl (C=O) groups excluding carboxylic acids is 1. The number of aryl methyl sites for hydroxylation is 1. The van der Waals surface area contributed by atoms with Crippen LogP contribution in [0, 0.1) is 12.8 Å². The molecule has 1 unspecified atom stereocenters. The van der Waals surface area contributed by atoms with Crippen LogP contribution in [-0.2, 0) is 9.59 Å². The van der Waals surface area contributed by atoms with Crippen LogP contribution >= 0.6 is 11.8 Å². The van der Waals surface area contributed by atoms with Gasteiger partial charge in [-0.05, 0) is 36.6 Å². The molecular weight excluding hydrogens is 286 g/mol. The van der Waals surface area contributed by atoms with Gasteiger partial charge in [-0.15, -0.1) is 11.8 Å². The predicted octanol–water partition coefficient (Wildman–Crippen LogP) is 3.09. The van der Waals surface area contributed by atoms with Gasteiger partial charge in [-0.2, -0.15) is 0 Å². The molecular formula is C16H23NO3S. The molecule has 1 aromatic rings. The van der Waals surface area contributed by atoms with Gasteiger partial charge in [0.05, 0.1) is 0 Å². The van der Waals surface area contributed by atoms with Gasteiger partial charge >= 0.3 is 5.97 Å². The van der Waals surface area contributed by atoms with Gasteiger partial charge in [-0.3, -0.25) is 4.79 Å². The van der Waals surface area contributed by atoms with Gasteiger partial charge in [-0.1, -0.05) is 32.0 Å². The normalized spacial score (nSPS) is 12.2. The molecule has 0 heterocycles. The summed E-state index contributed by atoms with van der Waals surface area (Å²) in [5.74, 6) is -0.445. The summed E-state index contributed by atoms with van der Waals surface area (Å²) in [5, 5.41) is 11.6. The van der Waals surface area contributed by atoms with Gasteiger partial charge in [0.2, 0.25) is 5.91 Å². The van der Waals surface area contributed by atoms with E-state index in [0.29, 0.717) is 6.42 Å². The van der Waals surface area contributed by atoms with Gasteiger partial charge in [0.25, 0.3) is 0 Å². The van der Waals surface area contributed by atoms with Gasteiger partial charge in [0.1, 0.15) is 6.04 Å². The lowest BCUT2D eigenvalue weighted by atomic mass is 10.0. The van der Waals surface area contributed by atoms with Crippen molar-refractivity contribution in [3.8, 4) is 0 Å². The second kappa shape index (κ2) is 8.72. The largest absolute Gasteiger partial charge is 0.480 e. The minimum Gasteiger partial charge on any atom is -0.480 e. The summed E-state index contributed by atoms with van der Waals surface area (Å²) in [4.78, 5) is 24.0. The van der Waals surface area contributed by atoms with Crippen molar-refractivity contribution in [2.24, 2.45) is 5.92 Å². The van der Waals surface area contributed by atoms with Crippen molar-refractivity contribution < 1.29 is 14.7 Å². The minimum atomic E-state index is -0.979. The molecule has 5 heteroatoms. The SMILES string of the molecule is Cc1ccccc1SCCCC(=O)NC(C(=O)O)C(C)C. The lowest BCUT2D eigenvalue weighted by Crippen LogP contribution is -2.44. The fourth-order valence-electron chi connectivity index (χ4n) is 1.89. The molecule has 0 aromatic heterocycles. The zero-order valence-electron chi connectivity index (χ0n) is 12.8. The summed E-state index contributed by atoms with van der Waals surface area (Å²) >= 11 is 1.72. The number of benzene rings is 1. The number of carboxylic acids is 1. The smallest absolute Gasteiger partial charge is 0.326 e. The predicted molar refractivity (Wildman–Crippen MR) is 85.5 cm³/mol. The Balaban J connectivity index is 2.31. The maximum Gasteiger partial charge on any atom is 0.326 e. The first kappa shape index (κ1) is 17.6. The Morgan fingerprint density at radius 3 is 2.52 bits per heavy atom. The average Bonchev–Trinajstić information content (AvgIpc) is 2.42. The standard InChI is InChI=1S/C16H23NO3S/c1-11(2)15(16(19)20)17-14(18)9-6-10-21-13-8-5-4-7-12(13)3/h4-5,7-8,11,15H,6,9-10H2,1-3H3,(H,17,18)(H,19,20). The Labute approximate surface area is 130 Å². The number of nitrogens with one attached hydrogen (secondary N) is 1. The average molecular weight is 309 g/mol. The van der Waals surface area contributed by atoms with Crippen molar-refractivity contribution in [1.82, 2.24) is 5.32 Å². The van der Waals surface area contributed by atoms with Gasteiger partial charge in [0, 0.05) is 11.3 Å². The number of carboxylic acid groups (broad SMARTS) is 1. The molecule has 0 bridgehead atoms. The van der Waals surface area contributed by atoms with Crippen LogP contribution in [0.15, 0.2) is 29.2 Å². The van der Waals surface area contributed by atoms with Gasteiger partial charge in [-0.25, -0.2) is 4.79 Å². The summed E-state index contributed by atoms with van der Waals surface area (Å²) in [5.41, 5.74) is 1.23. The van der Waals surface area contributed by atoms with E-state index in [1.807, 2.05) is 12.1 Å². The van der Waals surface area contributed by atoms with E-state index in [4.69, 9.17) is 5.11 Å². The second-order valence-corrected chi connectivity index (χ2v) is 6.48. The number of rotatable bonds is 8. The molecule has 116 valence electrons. The summed E-state index contributed by atoms with van der Waals surface area (Å²) in [6.07, 6.45) is 1.09. The quantitative estimate of drug-likeness (QED) is 0.572. The van der Waals surface area contributed by atoms with Crippen molar-refractivity contribution in [1.29, 1.82) is 0 Å². The molecule has 1 amide bonds. The highest BCUT2D eigenvalue weighted by Crippen LogP contribution is 2.22. The summed E-state index contributed by atoms with van der Waals surface area (Å²) in [7, 11) is 0. The van der Waals surface area contributed by atoms with E-state index >= 15 is 0 Å².